The van der Waals surface area contributed by atoms with Crippen LogP contribution in [0.25, 0.3) is 0 Å². The molecule has 1 aliphatic rings. The van der Waals surface area contributed by atoms with E-state index in [4.69, 9.17) is 9.94 Å². The molecule has 0 radical (unpaired) electrons. The van der Waals surface area contributed by atoms with Crippen LogP contribution in [0.15, 0.2) is 24.3 Å². The van der Waals surface area contributed by atoms with Crippen LogP contribution in [-0.4, -0.2) is 24.2 Å². The molecule has 0 spiro atoms. The van der Waals surface area contributed by atoms with Crippen LogP contribution in [0.2, 0.25) is 0 Å². The molecule has 4 nitrogen and oxygen atoms in total. The summed E-state index contributed by atoms with van der Waals surface area (Å²) in [6.45, 7) is 2.53. The molecule has 16 heavy (non-hydrogen) atoms. The third kappa shape index (κ3) is 2.08. The number of anilines is 1. The van der Waals surface area contributed by atoms with Crippen LogP contribution >= 0.6 is 0 Å². The van der Waals surface area contributed by atoms with Gasteiger partial charge in [0.15, 0.2) is 0 Å². The summed E-state index contributed by atoms with van der Waals surface area (Å²) in [6, 6.07) is 7.49. The summed E-state index contributed by atoms with van der Waals surface area (Å²) in [6.07, 6.45) is 0.439. The first-order chi connectivity index (χ1) is 7.72. The molecular weight excluding hydrogens is 206 g/mol. The molecule has 4 heteroatoms. The van der Waals surface area contributed by atoms with Gasteiger partial charge in [-0.15, -0.1) is 0 Å². The lowest BCUT2D eigenvalue weighted by Crippen LogP contribution is -2.22. The largest absolute Gasteiger partial charge is 0.396 e. The lowest BCUT2D eigenvalue weighted by Gasteiger charge is -2.15. The topological polar surface area (TPSA) is 49.8 Å². The van der Waals surface area contributed by atoms with Gasteiger partial charge in [-0.1, -0.05) is 19.1 Å². The first-order valence-electron chi connectivity index (χ1n) is 5.39. The molecule has 1 N–H and O–H groups in total. The summed E-state index contributed by atoms with van der Waals surface area (Å²) in [4.78, 5) is 16.6. The molecule has 1 aliphatic heterocycles. The van der Waals surface area contributed by atoms with E-state index in [1.165, 1.54) is 5.06 Å². The van der Waals surface area contributed by atoms with Crippen LogP contribution in [0.4, 0.5) is 5.69 Å². The van der Waals surface area contributed by atoms with Crippen molar-refractivity contribution >= 4 is 11.6 Å². The van der Waals surface area contributed by atoms with E-state index in [1.54, 1.807) is 0 Å². The van der Waals surface area contributed by atoms with Gasteiger partial charge in [0.1, 0.15) is 0 Å². The predicted molar refractivity (Wildman–Crippen MR) is 60.0 cm³/mol. The third-order valence-electron chi connectivity index (χ3n) is 2.73. The number of benzene rings is 1. The van der Waals surface area contributed by atoms with Crippen LogP contribution in [0.1, 0.15) is 24.8 Å². The van der Waals surface area contributed by atoms with Crippen molar-refractivity contribution in [1.82, 2.24) is 0 Å². The maximum atomic E-state index is 11.4. The SMILES string of the molecule is CC(CO)c1ccc(N2OCCC2=O)cc1. The van der Waals surface area contributed by atoms with Crippen LogP contribution < -0.4 is 5.06 Å². The minimum absolute atomic E-state index is 0.0112. The number of hydrogen-bond donors (Lipinski definition) is 1. The minimum atomic E-state index is -0.0112. The molecule has 1 amide bonds. The molecule has 1 atom stereocenters. The number of amides is 1. The van der Waals surface area contributed by atoms with E-state index in [-0.39, 0.29) is 18.4 Å². The van der Waals surface area contributed by atoms with Crippen LogP contribution in [-0.2, 0) is 9.63 Å². The number of aliphatic hydroxyl groups is 1. The van der Waals surface area contributed by atoms with Crippen LogP contribution in [0.5, 0.6) is 0 Å². The Morgan fingerprint density at radius 2 is 2.12 bits per heavy atom. The van der Waals surface area contributed by atoms with E-state index in [1.807, 2.05) is 31.2 Å². The summed E-state index contributed by atoms with van der Waals surface area (Å²) < 4.78 is 0. The number of carbonyl (C=O) groups excluding carboxylic acids is 1. The second-order valence-corrected chi connectivity index (χ2v) is 3.95. The molecule has 0 aliphatic carbocycles. The maximum Gasteiger partial charge on any atom is 0.253 e. The van der Waals surface area contributed by atoms with Gasteiger partial charge in [0.25, 0.3) is 5.91 Å². The average Bonchev–Trinajstić information content (AvgIpc) is 2.75. The first kappa shape index (κ1) is 11.1. The summed E-state index contributed by atoms with van der Waals surface area (Å²) in [5.74, 6) is 0.104. The normalized spacial score (nSPS) is 17.9. The Morgan fingerprint density at radius 3 is 2.62 bits per heavy atom. The Kier molecular flexibility index (Phi) is 3.22. The minimum Gasteiger partial charge on any atom is -0.396 e. The van der Waals surface area contributed by atoms with Crippen molar-refractivity contribution in [3.05, 3.63) is 29.8 Å². The van der Waals surface area contributed by atoms with E-state index in [2.05, 4.69) is 0 Å². The van der Waals surface area contributed by atoms with Crippen molar-refractivity contribution < 1.29 is 14.7 Å². The highest BCUT2D eigenvalue weighted by Crippen LogP contribution is 2.23. The van der Waals surface area contributed by atoms with Gasteiger partial charge in [0.2, 0.25) is 0 Å². The molecule has 1 unspecified atom stereocenters. The average molecular weight is 221 g/mol. The Labute approximate surface area is 94.4 Å². The standard InChI is InChI=1S/C12H15NO3/c1-9(8-14)10-2-4-11(5-3-10)13-12(15)6-7-16-13/h2-5,9,14H,6-8H2,1H3. The number of hydroxylamine groups is 1. The van der Waals surface area contributed by atoms with E-state index in [0.29, 0.717) is 13.0 Å². The third-order valence-corrected chi connectivity index (χ3v) is 2.73. The van der Waals surface area contributed by atoms with E-state index in [9.17, 15) is 4.79 Å². The van der Waals surface area contributed by atoms with Crippen molar-refractivity contribution in [3.8, 4) is 0 Å². The zero-order chi connectivity index (χ0) is 11.5. The number of carbonyl (C=O) groups is 1. The van der Waals surface area contributed by atoms with Crippen molar-refractivity contribution in [1.29, 1.82) is 0 Å². The van der Waals surface area contributed by atoms with E-state index in [0.717, 1.165) is 11.3 Å². The lowest BCUT2D eigenvalue weighted by atomic mass is 10.0. The van der Waals surface area contributed by atoms with Crippen molar-refractivity contribution in [2.24, 2.45) is 0 Å². The van der Waals surface area contributed by atoms with Crippen molar-refractivity contribution in [2.75, 3.05) is 18.3 Å². The summed E-state index contributed by atoms with van der Waals surface area (Å²) >= 11 is 0. The Balaban J connectivity index is 2.15. The van der Waals surface area contributed by atoms with Gasteiger partial charge in [-0.3, -0.25) is 9.63 Å². The smallest absolute Gasteiger partial charge is 0.253 e. The highest BCUT2D eigenvalue weighted by atomic mass is 16.7. The summed E-state index contributed by atoms with van der Waals surface area (Å²) in [5, 5.41) is 10.3. The summed E-state index contributed by atoms with van der Waals surface area (Å²) in [5.41, 5.74) is 1.80. The molecule has 0 aromatic heterocycles. The molecular formula is C12H15NO3. The maximum absolute atomic E-state index is 11.4. The van der Waals surface area contributed by atoms with Crippen LogP contribution in [0.3, 0.4) is 0 Å². The fourth-order valence-electron chi connectivity index (χ4n) is 1.66. The molecule has 2 rings (SSSR count). The van der Waals surface area contributed by atoms with E-state index < -0.39 is 0 Å². The van der Waals surface area contributed by atoms with Gasteiger partial charge in [0.05, 0.1) is 18.7 Å². The molecule has 1 aromatic carbocycles. The fraction of sp³-hybridized carbons (Fsp3) is 0.417. The monoisotopic (exact) mass is 221 g/mol. The Bertz CT molecular complexity index is 374. The van der Waals surface area contributed by atoms with Gasteiger partial charge in [-0.05, 0) is 17.7 Å². The van der Waals surface area contributed by atoms with Gasteiger partial charge in [-0.2, -0.15) is 5.06 Å². The lowest BCUT2D eigenvalue weighted by molar-refractivity contribution is -0.119. The van der Waals surface area contributed by atoms with Crippen LogP contribution in [0, 0.1) is 0 Å². The zero-order valence-electron chi connectivity index (χ0n) is 9.22. The molecule has 0 saturated carbocycles. The molecule has 1 saturated heterocycles. The fourth-order valence-corrected chi connectivity index (χ4v) is 1.66. The van der Waals surface area contributed by atoms with E-state index >= 15 is 0 Å². The molecule has 1 fully saturated rings. The number of aliphatic hydroxyl groups excluding tert-OH is 1. The van der Waals surface area contributed by atoms with Gasteiger partial charge in [0, 0.05) is 12.5 Å². The molecule has 0 bridgehead atoms. The molecule has 1 heterocycles. The first-order valence-corrected chi connectivity index (χ1v) is 5.39. The van der Waals surface area contributed by atoms with Gasteiger partial charge < -0.3 is 5.11 Å². The number of hydrogen-bond acceptors (Lipinski definition) is 3. The number of nitrogens with zero attached hydrogens (tertiary/aromatic N) is 1. The Hall–Kier alpha value is -1.39. The Morgan fingerprint density at radius 1 is 1.44 bits per heavy atom. The summed E-state index contributed by atoms with van der Waals surface area (Å²) in [7, 11) is 0. The van der Waals surface area contributed by atoms with Gasteiger partial charge >= 0.3 is 0 Å². The van der Waals surface area contributed by atoms with Crippen molar-refractivity contribution in [2.45, 2.75) is 19.3 Å². The predicted octanol–water partition coefficient (Wildman–Crippen LogP) is 1.45. The highest BCUT2D eigenvalue weighted by Gasteiger charge is 2.23. The number of rotatable bonds is 3. The molecule has 1 aromatic rings. The zero-order valence-corrected chi connectivity index (χ0v) is 9.22. The quantitative estimate of drug-likeness (QED) is 0.840. The van der Waals surface area contributed by atoms with Gasteiger partial charge in [-0.25, -0.2) is 0 Å². The molecule has 86 valence electrons. The van der Waals surface area contributed by atoms with Crippen molar-refractivity contribution in [3.63, 3.8) is 0 Å². The highest BCUT2D eigenvalue weighted by molar-refractivity contribution is 5.92. The second kappa shape index (κ2) is 4.63. The second-order valence-electron chi connectivity index (χ2n) is 3.95.